The van der Waals surface area contributed by atoms with Crippen LogP contribution in [0.4, 0.5) is 0 Å². The Labute approximate surface area is 386 Å². The van der Waals surface area contributed by atoms with Gasteiger partial charge in [0.1, 0.15) is 0 Å². The highest BCUT2D eigenvalue weighted by Crippen LogP contribution is 2.71. The Morgan fingerprint density at radius 1 is 0.129 bits per heavy atom. The summed E-state index contributed by atoms with van der Waals surface area (Å²) >= 11 is 0. The highest BCUT2D eigenvalue weighted by atomic mass is 14.7. The minimum absolute atomic E-state index is 1.09. The Balaban J connectivity index is 1.08. The quantitative estimate of drug-likeness (QED) is 0.228. The van der Waals surface area contributed by atoms with Gasteiger partial charge >= 0.3 is 0 Å². The zero-order valence-electron chi connectivity index (χ0n) is 41.2. The Morgan fingerprint density at radius 2 is 0.258 bits per heavy atom. The Bertz CT molecular complexity index is 1110. The van der Waals surface area contributed by atoms with Crippen LogP contribution < -0.4 is 0 Å². The van der Waals surface area contributed by atoms with Crippen molar-refractivity contribution >= 4 is 0 Å². The summed E-state index contributed by atoms with van der Waals surface area (Å²) in [4.78, 5) is 0. The molecule has 0 amide bonds. The topological polar surface area (TPSA) is 0 Å². The average Bonchev–Trinajstić information content (AvgIpc) is 3.36. The van der Waals surface area contributed by atoms with Crippen LogP contribution >= 0.6 is 0 Å². The standard InChI is InChI=1S/C62H104/c1-9-25-43(26-10-1)55-51-41-53-54(42-52(51)56(44-27-11-2-12-28-44)60(48-35-19-6-20-36-48)59(55)47-33-17-5-18-34-47)58(46-31-15-4-16-32-46)62(50-39-23-8-24-40-50)61(49-37-21-7-22-38-49)57(53)45-29-13-3-14-30-45/h43-62H,1-42H2. The maximum Gasteiger partial charge on any atom is -0.0318 e. The summed E-state index contributed by atoms with van der Waals surface area (Å²) in [6, 6.07) is 0. The van der Waals surface area contributed by atoms with Crippen molar-refractivity contribution in [2.24, 2.45) is 118 Å². The monoisotopic (exact) mass is 849 g/mol. The molecular weight excluding hydrogens is 745 g/mol. The third kappa shape index (κ3) is 9.04. The van der Waals surface area contributed by atoms with Crippen LogP contribution in [0.15, 0.2) is 0 Å². The first kappa shape index (κ1) is 44.5. The zero-order chi connectivity index (χ0) is 41.2. The lowest BCUT2D eigenvalue weighted by Gasteiger charge is -2.68. The third-order valence-electron chi connectivity index (χ3n) is 24.4. The van der Waals surface area contributed by atoms with Gasteiger partial charge in [0.15, 0.2) is 0 Å². The van der Waals surface area contributed by atoms with E-state index >= 15 is 0 Å². The fraction of sp³-hybridized carbons (Fsp3) is 1.00. The lowest BCUT2D eigenvalue weighted by atomic mass is 9.36. The summed E-state index contributed by atoms with van der Waals surface area (Å²) in [5, 5.41) is 0. The molecule has 0 aliphatic heterocycles. The Morgan fingerprint density at radius 3 is 0.403 bits per heavy atom. The van der Waals surface area contributed by atoms with Crippen LogP contribution in [-0.4, -0.2) is 0 Å². The second-order valence-corrected chi connectivity index (χ2v) is 26.9. The summed E-state index contributed by atoms with van der Waals surface area (Å²) in [6.45, 7) is 0. The SMILES string of the molecule is C1CCC(C2C3CC4C(CC3C(C3CCCCC3)C(C3CCCCC3)C2C2CCCCC2)C(C2CCCCC2)C(C2CCCCC2)C(C2CCCCC2)C4C2CCCCC2)CC1. The molecule has 11 aliphatic carbocycles. The van der Waals surface area contributed by atoms with Crippen LogP contribution in [0.3, 0.4) is 0 Å². The van der Waals surface area contributed by atoms with E-state index in [0.29, 0.717) is 0 Å². The molecule has 352 valence electrons. The minimum atomic E-state index is 1.09. The molecule has 0 aromatic rings. The number of hydrogen-bond acceptors (Lipinski definition) is 0. The summed E-state index contributed by atoms with van der Waals surface area (Å²) in [5.41, 5.74) is 0. The summed E-state index contributed by atoms with van der Waals surface area (Å²) in [5.74, 6) is 22.0. The van der Waals surface area contributed by atoms with Crippen molar-refractivity contribution < 1.29 is 0 Å². The maximum absolute atomic E-state index is 1.77. The van der Waals surface area contributed by atoms with E-state index in [1.165, 1.54) is 0 Å². The van der Waals surface area contributed by atoms with Gasteiger partial charge in [-0.15, -0.1) is 0 Å². The molecule has 11 fully saturated rings. The molecule has 62 heavy (non-hydrogen) atoms. The van der Waals surface area contributed by atoms with Gasteiger partial charge in [-0.3, -0.25) is 0 Å². The molecule has 0 N–H and O–H groups in total. The van der Waals surface area contributed by atoms with Crippen LogP contribution in [-0.2, 0) is 0 Å². The smallest absolute Gasteiger partial charge is 0.0318 e. The maximum atomic E-state index is 1.77. The third-order valence-corrected chi connectivity index (χ3v) is 24.4. The van der Waals surface area contributed by atoms with Crippen LogP contribution in [0.2, 0.25) is 0 Å². The molecular formula is C62H104. The first-order chi connectivity index (χ1) is 30.8. The molecule has 0 radical (unpaired) electrons. The first-order valence-corrected chi connectivity index (χ1v) is 30.8. The van der Waals surface area contributed by atoms with Gasteiger partial charge in [0.25, 0.3) is 0 Å². The largest absolute Gasteiger partial charge is 0.0533 e. The van der Waals surface area contributed by atoms with Crippen molar-refractivity contribution in [1.29, 1.82) is 0 Å². The first-order valence-electron chi connectivity index (χ1n) is 30.8. The Kier molecular flexibility index (Phi) is 15.2. The number of rotatable bonds is 8. The molecule has 12 unspecified atom stereocenters. The van der Waals surface area contributed by atoms with Crippen LogP contribution in [0.25, 0.3) is 0 Å². The van der Waals surface area contributed by atoms with Gasteiger partial charge < -0.3 is 0 Å². The van der Waals surface area contributed by atoms with E-state index in [9.17, 15) is 0 Å². The fourth-order valence-electron chi connectivity index (χ4n) is 22.6. The van der Waals surface area contributed by atoms with Gasteiger partial charge in [0.05, 0.1) is 0 Å². The lowest BCUT2D eigenvalue weighted by Crippen LogP contribution is -2.62. The van der Waals surface area contributed by atoms with E-state index in [1.807, 2.05) is 0 Å². The molecule has 11 rings (SSSR count). The van der Waals surface area contributed by atoms with Crippen molar-refractivity contribution in [2.45, 2.75) is 270 Å². The van der Waals surface area contributed by atoms with Gasteiger partial charge in [0, 0.05) is 0 Å². The zero-order valence-corrected chi connectivity index (χ0v) is 41.2. The highest BCUT2D eigenvalue weighted by Gasteiger charge is 2.65. The van der Waals surface area contributed by atoms with Crippen LogP contribution in [0.1, 0.15) is 270 Å². The van der Waals surface area contributed by atoms with E-state index in [1.54, 1.807) is 270 Å². The van der Waals surface area contributed by atoms with E-state index in [4.69, 9.17) is 0 Å². The molecule has 0 heteroatoms. The van der Waals surface area contributed by atoms with Gasteiger partial charge in [-0.05, 0) is 131 Å². The van der Waals surface area contributed by atoms with Gasteiger partial charge in [0.2, 0.25) is 0 Å². The van der Waals surface area contributed by atoms with E-state index in [0.717, 1.165) is 118 Å². The van der Waals surface area contributed by atoms with Gasteiger partial charge in [-0.1, -0.05) is 257 Å². The average molecular weight is 850 g/mol. The molecule has 0 aromatic carbocycles. The molecule has 0 saturated heterocycles. The van der Waals surface area contributed by atoms with E-state index < -0.39 is 0 Å². The van der Waals surface area contributed by atoms with Crippen molar-refractivity contribution in [3.8, 4) is 0 Å². The molecule has 12 atom stereocenters. The molecule has 11 aliphatic rings. The van der Waals surface area contributed by atoms with Crippen LogP contribution in [0.5, 0.6) is 0 Å². The summed E-state index contributed by atoms with van der Waals surface area (Å²) < 4.78 is 0. The predicted molar refractivity (Wildman–Crippen MR) is 264 cm³/mol. The normalized spacial score (nSPS) is 44.1. The van der Waals surface area contributed by atoms with Gasteiger partial charge in [-0.2, -0.15) is 0 Å². The van der Waals surface area contributed by atoms with Crippen molar-refractivity contribution in [3.05, 3.63) is 0 Å². The fourth-order valence-corrected chi connectivity index (χ4v) is 22.6. The van der Waals surface area contributed by atoms with Crippen LogP contribution in [0, 0.1) is 118 Å². The molecule has 0 bridgehead atoms. The molecule has 0 aromatic heterocycles. The highest BCUT2D eigenvalue weighted by molar-refractivity contribution is 5.13. The van der Waals surface area contributed by atoms with Crippen molar-refractivity contribution in [3.63, 3.8) is 0 Å². The summed E-state index contributed by atoms with van der Waals surface area (Å²) in [6.07, 6.45) is 67.6. The number of hydrogen-bond donors (Lipinski definition) is 0. The second kappa shape index (κ2) is 21.1. The van der Waals surface area contributed by atoms with Gasteiger partial charge in [-0.25, -0.2) is 0 Å². The van der Waals surface area contributed by atoms with Crippen molar-refractivity contribution in [2.75, 3.05) is 0 Å². The van der Waals surface area contributed by atoms with E-state index in [2.05, 4.69) is 0 Å². The molecule has 0 heterocycles. The van der Waals surface area contributed by atoms with Crippen molar-refractivity contribution in [1.82, 2.24) is 0 Å². The Hall–Kier alpha value is 0. The molecule has 0 nitrogen and oxygen atoms in total. The minimum Gasteiger partial charge on any atom is -0.0533 e. The predicted octanol–water partition coefficient (Wildman–Crippen LogP) is 18.8. The molecule has 0 spiro atoms. The lowest BCUT2D eigenvalue weighted by molar-refractivity contribution is -0.202. The molecule has 11 saturated carbocycles. The summed E-state index contributed by atoms with van der Waals surface area (Å²) in [7, 11) is 0. The number of fused-ring (bicyclic) bond motifs is 2. The van der Waals surface area contributed by atoms with E-state index in [-0.39, 0.29) is 0 Å². The second-order valence-electron chi connectivity index (χ2n) is 26.9.